The van der Waals surface area contributed by atoms with E-state index in [2.05, 4.69) is 15.2 Å². The van der Waals surface area contributed by atoms with Crippen LogP contribution in [0.15, 0.2) is 60.8 Å². The molecule has 0 saturated heterocycles. The van der Waals surface area contributed by atoms with Crippen LogP contribution in [0.1, 0.15) is 28.0 Å². The van der Waals surface area contributed by atoms with Crippen molar-refractivity contribution in [3.05, 3.63) is 77.6 Å². The van der Waals surface area contributed by atoms with Crippen LogP contribution in [0.25, 0.3) is 11.1 Å². The number of ether oxygens (including phenoxy) is 1. The first-order valence-corrected chi connectivity index (χ1v) is 10.3. The molecular weight excluding hydrogens is 390 g/mol. The minimum absolute atomic E-state index is 0.0754. The Balaban J connectivity index is 1.68. The van der Waals surface area contributed by atoms with Gasteiger partial charge in [-0.2, -0.15) is 0 Å². The fourth-order valence-electron chi connectivity index (χ4n) is 3.34. The highest BCUT2D eigenvalue weighted by atomic mass is 16.5. The predicted molar refractivity (Wildman–Crippen MR) is 123 cm³/mol. The lowest BCUT2D eigenvalue weighted by molar-refractivity contribution is 0.102. The van der Waals surface area contributed by atoms with Crippen molar-refractivity contribution in [2.24, 2.45) is 0 Å². The van der Waals surface area contributed by atoms with Gasteiger partial charge in [0, 0.05) is 23.0 Å². The molecule has 0 aliphatic carbocycles. The van der Waals surface area contributed by atoms with Crippen LogP contribution in [-0.4, -0.2) is 48.6 Å². The monoisotopic (exact) mass is 419 g/mol. The van der Waals surface area contributed by atoms with Gasteiger partial charge >= 0.3 is 0 Å². The van der Waals surface area contributed by atoms with E-state index in [0.29, 0.717) is 11.3 Å². The molecule has 0 saturated carbocycles. The zero-order chi connectivity index (χ0) is 22.2. The van der Waals surface area contributed by atoms with Crippen molar-refractivity contribution in [3.63, 3.8) is 0 Å². The van der Waals surface area contributed by atoms with E-state index in [1.54, 1.807) is 25.4 Å². The molecule has 6 heteroatoms. The molecule has 0 atom stereocenters. The summed E-state index contributed by atoms with van der Waals surface area (Å²) in [5.74, 6) is 0.652. The molecule has 1 heterocycles. The normalized spacial score (nSPS) is 10.9. The first kappa shape index (κ1) is 22.5. The maximum Gasteiger partial charge on any atom is 0.255 e. The largest absolute Gasteiger partial charge is 0.496 e. The van der Waals surface area contributed by atoms with Crippen LogP contribution < -0.4 is 10.1 Å². The third-order valence-corrected chi connectivity index (χ3v) is 5.06. The molecule has 0 unspecified atom stereocenters. The van der Waals surface area contributed by atoms with Gasteiger partial charge in [-0.1, -0.05) is 18.2 Å². The Morgan fingerprint density at radius 2 is 1.81 bits per heavy atom. The number of hydrogen-bond donors (Lipinski definition) is 2. The summed E-state index contributed by atoms with van der Waals surface area (Å²) in [6.07, 6.45) is 3.57. The van der Waals surface area contributed by atoms with Gasteiger partial charge in [-0.05, 0) is 81.0 Å². The number of nitrogens with one attached hydrogen (secondary N) is 1. The Labute approximate surface area is 183 Å². The van der Waals surface area contributed by atoms with Gasteiger partial charge in [0.1, 0.15) is 5.75 Å². The maximum atomic E-state index is 12.8. The molecule has 162 valence electrons. The van der Waals surface area contributed by atoms with Crippen LogP contribution in [0.3, 0.4) is 0 Å². The van der Waals surface area contributed by atoms with E-state index in [1.807, 2.05) is 56.6 Å². The fourth-order valence-corrected chi connectivity index (χ4v) is 3.34. The number of benzene rings is 2. The molecule has 0 aliphatic heterocycles. The molecule has 3 rings (SSSR count). The third-order valence-electron chi connectivity index (χ3n) is 5.06. The molecule has 31 heavy (non-hydrogen) atoms. The van der Waals surface area contributed by atoms with E-state index in [1.165, 1.54) is 0 Å². The molecule has 0 aliphatic rings. The predicted octanol–water partition coefficient (Wildman–Crippen LogP) is 4.00. The average molecular weight is 420 g/mol. The number of hydrogen-bond acceptors (Lipinski definition) is 5. The van der Waals surface area contributed by atoms with E-state index in [4.69, 9.17) is 9.84 Å². The van der Waals surface area contributed by atoms with Crippen LogP contribution in [0, 0.1) is 0 Å². The zero-order valence-electron chi connectivity index (χ0n) is 18.3. The van der Waals surface area contributed by atoms with Gasteiger partial charge in [0.2, 0.25) is 0 Å². The number of nitrogens with zero attached hydrogens (tertiary/aromatic N) is 2. The summed E-state index contributed by atoms with van der Waals surface area (Å²) in [4.78, 5) is 19.1. The van der Waals surface area contributed by atoms with Crippen molar-refractivity contribution < 1.29 is 14.6 Å². The van der Waals surface area contributed by atoms with E-state index in [-0.39, 0.29) is 12.5 Å². The number of aliphatic hydroxyl groups excluding tert-OH is 1. The number of anilines is 1. The molecule has 0 bridgehead atoms. The Kier molecular flexibility index (Phi) is 7.76. The smallest absolute Gasteiger partial charge is 0.255 e. The van der Waals surface area contributed by atoms with Crippen LogP contribution >= 0.6 is 0 Å². The van der Waals surface area contributed by atoms with Crippen LogP contribution in [0.2, 0.25) is 0 Å². The van der Waals surface area contributed by atoms with E-state index in [0.717, 1.165) is 47.5 Å². The fraction of sp³-hybridized carbons (Fsp3) is 0.280. The molecule has 0 spiro atoms. The molecule has 0 radical (unpaired) electrons. The van der Waals surface area contributed by atoms with Gasteiger partial charge in [0.15, 0.2) is 0 Å². The molecule has 3 aromatic rings. The third kappa shape index (κ3) is 6.13. The van der Waals surface area contributed by atoms with Crippen LogP contribution in [0.5, 0.6) is 5.75 Å². The Bertz CT molecular complexity index is 1000. The van der Waals surface area contributed by atoms with Gasteiger partial charge < -0.3 is 20.1 Å². The van der Waals surface area contributed by atoms with Crippen molar-refractivity contribution in [1.29, 1.82) is 0 Å². The number of amides is 1. The Hall–Kier alpha value is -3.22. The zero-order valence-corrected chi connectivity index (χ0v) is 18.3. The number of rotatable bonds is 9. The molecule has 2 N–H and O–H groups in total. The molecular formula is C25H29N3O3. The van der Waals surface area contributed by atoms with Crippen molar-refractivity contribution in [1.82, 2.24) is 9.88 Å². The summed E-state index contributed by atoms with van der Waals surface area (Å²) in [6.45, 7) is 0.901. The van der Waals surface area contributed by atoms with Gasteiger partial charge in [-0.25, -0.2) is 0 Å². The van der Waals surface area contributed by atoms with Crippen molar-refractivity contribution in [2.75, 3.05) is 33.1 Å². The van der Waals surface area contributed by atoms with Crippen molar-refractivity contribution >= 4 is 11.6 Å². The number of pyridine rings is 1. The lowest BCUT2D eigenvalue weighted by Gasteiger charge is -2.13. The maximum absolute atomic E-state index is 12.8. The van der Waals surface area contributed by atoms with Gasteiger partial charge in [-0.15, -0.1) is 0 Å². The first-order chi connectivity index (χ1) is 15.0. The summed E-state index contributed by atoms with van der Waals surface area (Å²) in [6, 6.07) is 16.9. The Morgan fingerprint density at radius 1 is 1.06 bits per heavy atom. The number of aliphatic hydroxyl groups is 1. The average Bonchev–Trinajstić information content (AvgIpc) is 2.79. The van der Waals surface area contributed by atoms with E-state index >= 15 is 0 Å². The molecule has 6 nitrogen and oxygen atoms in total. The summed E-state index contributed by atoms with van der Waals surface area (Å²) in [5.41, 5.74) is 4.93. The SMILES string of the molecule is COc1ccc(C(=O)Nc2ccc(-c3ccc(CO)nc3)cc2)cc1CCCN(C)C. The quantitative estimate of drug-likeness (QED) is 0.548. The van der Waals surface area contributed by atoms with E-state index in [9.17, 15) is 4.79 Å². The second kappa shape index (κ2) is 10.7. The van der Waals surface area contributed by atoms with Crippen LogP contribution in [0.4, 0.5) is 5.69 Å². The standard InChI is InChI=1S/C25H29N3O3/c1-28(2)14-4-5-19-15-20(9-13-24(19)31-3)25(30)27-22-10-6-18(7-11-22)21-8-12-23(17-29)26-16-21/h6-13,15-16,29H,4-5,14,17H2,1-3H3,(H,27,30). The second-order valence-corrected chi connectivity index (χ2v) is 7.66. The number of carbonyl (C=O) groups is 1. The van der Waals surface area contributed by atoms with E-state index < -0.39 is 0 Å². The van der Waals surface area contributed by atoms with Gasteiger partial charge in [-0.3, -0.25) is 9.78 Å². The summed E-state index contributed by atoms with van der Waals surface area (Å²) < 4.78 is 5.46. The van der Waals surface area contributed by atoms with Gasteiger partial charge in [0.05, 0.1) is 19.4 Å². The van der Waals surface area contributed by atoms with Crippen molar-refractivity contribution in [2.45, 2.75) is 19.4 Å². The lowest BCUT2D eigenvalue weighted by atomic mass is 10.0. The highest BCUT2D eigenvalue weighted by Crippen LogP contribution is 2.24. The number of aryl methyl sites for hydroxylation is 1. The van der Waals surface area contributed by atoms with Gasteiger partial charge in [0.25, 0.3) is 5.91 Å². The summed E-state index contributed by atoms with van der Waals surface area (Å²) >= 11 is 0. The molecule has 1 amide bonds. The van der Waals surface area contributed by atoms with Crippen molar-refractivity contribution in [3.8, 4) is 16.9 Å². The lowest BCUT2D eigenvalue weighted by Crippen LogP contribution is -2.14. The summed E-state index contributed by atoms with van der Waals surface area (Å²) in [7, 11) is 5.75. The minimum Gasteiger partial charge on any atom is -0.496 e. The molecule has 0 fully saturated rings. The number of carbonyl (C=O) groups excluding carboxylic acids is 1. The Morgan fingerprint density at radius 3 is 2.42 bits per heavy atom. The molecule has 2 aromatic carbocycles. The topological polar surface area (TPSA) is 74.7 Å². The van der Waals surface area contributed by atoms with Crippen LogP contribution in [-0.2, 0) is 13.0 Å². The first-order valence-electron chi connectivity index (χ1n) is 10.3. The second-order valence-electron chi connectivity index (χ2n) is 7.66. The molecule has 1 aromatic heterocycles. The highest BCUT2D eigenvalue weighted by Gasteiger charge is 2.11. The minimum atomic E-state index is -0.154. The number of aromatic nitrogens is 1. The highest BCUT2D eigenvalue weighted by molar-refractivity contribution is 6.04. The summed E-state index contributed by atoms with van der Waals surface area (Å²) in [5, 5.41) is 12.1. The number of methoxy groups -OCH3 is 1.